The summed E-state index contributed by atoms with van der Waals surface area (Å²) in [5.74, 6) is -0.0456. The van der Waals surface area contributed by atoms with Gasteiger partial charge < -0.3 is 9.64 Å². The molecule has 1 atom stereocenters. The van der Waals surface area contributed by atoms with Gasteiger partial charge in [-0.2, -0.15) is 5.26 Å². The number of carbonyl (C=O) groups is 2. The van der Waals surface area contributed by atoms with Crippen molar-refractivity contribution >= 4 is 52.1 Å². The Balaban J connectivity index is 2.14. The molecule has 3 heterocycles. The number of hydrogen-bond donors (Lipinski definition) is 0. The highest BCUT2D eigenvalue weighted by Gasteiger charge is 2.34. The van der Waals surface area contributed by atoms with Crippen molar-refractivity contribution in [3.8, 4) is 6.07 Å². The van der Waals surface area contributed by atoms with Crippen molar-refractivity contribution in [3.05, 3.63) is 31.9 Å². The zero-order valence-electron chi connectivity index (χ0n) is 22.2. The number of anilines is 1. The van der Waals surface area contributed by atoms with E-state index in [2.05, 4.69) is 13.0 Å². The van der Waals surface area contributed by atoms with Crippen LogP contribution >= 0.6 is 24.0 Å². The van der Waals surface area contributed by atoms with Crippen LogP contribution in [0.15, 0.2) is 9.70 Å². The lowest BCUT2D eigenvalue weighted by Gasteiger charge is -2.36. The van der Waals surface area contributed by atoms with Crippen molar-refractivity contribution in [3.63, 3.8) is 0 Å². The summed E-state index contributed by atoms with van der Waals surface area (Å²) >= 11 is 6.77. The van der Waals surface area contributed by atoms with E-state index in [0.29, 0.717) is 71.8 Å². The highest BCUT2D eigenvalue weighted by atomic mass is 32.2. The molecule has 37 heavy (non-hydrogen) atoms. The normalized spacial score (nSPS) is 19.0. The van der Waals surface area contributed by atoms with Crippen LogP contribution in [0.25, 0.3) is 6.08 Å². The average Bonchev–Trinajstić information content (AvgIpc) is 3.15. The van der Waals surface area contributed by atoms with Gasteiger partial charge >= 0.3 is 5.97 Å². The van der Waals surface area contributed by atoms with Gasteiger partial charge in [0.15, 0.2) is 0 Å². The number of thioether (sulfide) groups is 1. The molecule has 0 saturated carbocycles. The van der Waals surface area contributed by atoms with Gasteiger partial charge in [0.2, 0.25) is 0 Å². The SMILES string of the molecule is CCCCCN1C(=O)C(=Cc2c(C)c(C#N)c(=O)n(CCC)c2N2CCCC(C(=O)OCC)C2)SC1=S. The standard InChI is InChI=1S/C27H36N4O4S2/c1-5-8-9-14-31-25(33)22(37-27(31)36)15-20-18(4)21(16-28)24(32)30(12-6-2)23(20)29-13-10-11-19(17-29)26(34)35-7-3/h15,19H,5-14,17H2,1-4H3. The van der Waals surface area contributed by atoms with Crippen LogP contribution in [0.3, 0.4) is 0 Å². The first-order valence-corrected chi connectivity index (χ1v) is 14.4. The van der Waals surface area contributed by atoms with Crippen LogP contribution in [0.5, 0.6) is 0 Å². The number of unbranched alkanes of at least 4 members (excludes halogenated alkanes) is 2. The lowest BCUT2D eigenvalue weighted by molar-refractivity contribution is -0.148. The molecule has 0 N–H and O–H groups in total. The number of carbonyl (C=O) groups excluding carboxylic acids is 2. The first-order chi connectivity index (χ1) is 17.8. The first-order valence-electron chi connectivity index (χ1n) is 13.1. The molecule has 0 aromatic carbocycles. The molecular weight excluding hydrogens is 508 g/mol. The number of amides is 1. The number of nitrogens with zero attached hydrogens (tertiary/aromatic N) is 4. The van der Waals surface area contributed by atoms with Gasteiger partial charge in [-0.1, -0.05) is 50.7 Å². The Kier molecular flexibility index (Phi) is 10.4. The first kappa shape index (κ1) is 28.9. The molecule has 1 unspecified atom stereocenters. The van der Waals surface area contributed by atoms with Crippen LogP contribution in [0.2, 0.25) is 0 Å². The number of hydrogen-bond acceptors (Lipinski definition) is 8. The van der Waals surface area contributed by atoms with Crippen molar-refractivity contribution in [2.75, 3.05) is 31.1 Å². The van der Waals surface area contributed by atoms with Crippen molar-refractivity contribution in [1.82, 2.24) is 9.47 Å². The number of aromatic nitrogens is 1. The maximum absolute atomic E-state index is 13.4. The van der Waals surface area contributed by atoms with E-state index in [9.17, 15) is 19.6 Å². The van der Waals surface area contributed by atoms with Crippen LogP contribution in [0, 0.1) is 24.2 Å². The lowest BCUT2D eigenvalue weighted by atomic mass is 9.96. The fourth-order valence-electron chi connectivity index (χ4n) is 4.88. The van der Waals surface area contributed by atoms with Gasteiger partial charge in [-0.05, 0) is 51.2 Å². The van der Waals surface area contributed by atoms with Gasteiger partial charge in [0.1, 0.15) is 21.8 Å². The third kappa shape index (κ3) is 6.27. The largest absolute Gasteiger partial charge is 0.466 e. The second-order valence-corrected chi connectivity index (χ2v) is 11.1. The maximum atomic E-state index is 13.4. The number of thiocarbonyl (C=S) groups is 1. The van der Waals surface area contributed by atoms with E-state index in [4.69, 9.17) is 17.0 Å². The molecule has 200 valence electrons. The number of rotatable bonds is 10. The van der Waals surface area contributed by atoms with E-state index >= 15 is 0 Å². The molecule has 1 aromatic heterocycles. The summed E-state index contributed by atoms with van der Waals surface area (Å²) in [4.78, 5) is 43.4. The Hall–Kier alpha value is -2.64. The Bertz CT molecular complexity index is 1180. The second-order valence-electron chi connectivity index (χ2n) is 9.38. The van der Waals surface area contributed by atoms with E-state index in [1.54, 1.807) is 29.4 Å². The van der Waals surface area contributed by atoms with Gasteiger partial charge in [0.25, 0.3) is 11.5 Å². The number of nitriles is 1. The van der Waals surface area contributed by atoms with Gasteiger partial charge in [-0.3, -0.25) is 23.9 Å². The number of esters is 1. The monoisotopic (exact) mass is 544 g/mol. The fraction of sp³-hybridized carbons (Fsp3) is 0.593. The van der Waals surface area contributed by atoms with E-state index < -0.39 is 0 Å². The van der Waals surface area contributed by atoms with Crippen molar-refractivity contribution < 1.29 is 14.3 Å². The molecule has 2 saturated heterocycles. The smallest absolute Gasteiger partial charge is 0.310 e. The molecule has 8 nitrogen and oxygen atoms in total. The van der Waals surface area contributed by atoms with Crippen molar-refractivity contribution in [2.45, 2.75) is 72.8 Å². The second kappa shape index (κ2) is 13.2. The van der Waals surface area contributed by atoms with Gasteiger partial charge in [-0.15, -0.1) is 0 Å². The van der Waals surface area contributed by atoms with Gasteiger partial charge in [0, 0.05) is 31.7 Å². The predicted octanol–water partition coefficient (Wildman–Crippen LogP) is 4.61. The molecule has 2 fully saturated rings. The molecular formula is C27H36N4O4S2. The molecule has 0 aliphatic carbocycles. The van der Waals surface area contributed by atoms with Crippen LogP contribution in [-0.4, -0.2) is 51.9 Å². The summed E-state index contributed by atoms with van der Waals surface area (Å²) in [6.07, 6.45) is 6.90. The van der Waals surface area contributed by atoms with Gasteiger partial charge in [-0.25, -0.2) is 0 Å². The molecule has 2 aliphatic rings. The minimum atomic E-state index is -0.348. The third-order valence-electron chi connectivity index (χ3n) is 6.77. The molecule has 1 amide bonds. The van der Waals surface area contributed by atoms with Crippen LogP contribution in [-0.2, 0) is 20.9 Å². The Morgan fingerprint density at radius 2 is 1.97 bits per heavy atom. The number of piperidine rings is 1. The zero-order valence-corrected chi connectivity index (χ0v) is 23.8. The molecule has 10 heteroatoms. The highest BCUT2D eigenvalue weighted by Crippen LogP contribution is 2.37. The zero-order chi connectivity index (χ0) is 27.1. The molecule has 1 aromatic rings. The van der Waals surface area contributed by atoms with Crippen LogP contribution in [0.1, 0.15) is 76.0 Å². The number of pyridine rings is 1. The minimum absolute atomic E-state index is 0.0702. The average molecular weight is 545 g/mol. The molecule has 0 spiro atoms. The molecule has 0 radical (unpaired) electrons. The molecule has 2 aliphatic heterocycles. The summed E-state index contributed by atoms with van der Waals surface area (Å²) < 4.78 is 7.44. The Morgan fingerprint density at radius 3 is 2.62 bits per heavy atom. The van der Waals surface area contributed by atoms with E-state index in [1.807, 2.05) is 11.8 Å². The van der Waals surface area contributed by atoms with Crippen LogP contribution < -0.4 is 10.5 Å². The number of ether oxygens (including phenoxy) is 1. The summed E-state index contributed by atoms with van der Waals surface area (Å²) in [6, 6.07) is 2.08. The Morgan fingerprint density at radius 1 is 1.22 bits per heavy atom. The van der Waals surface area contributed by atoms with Crippen molar-refractivity contribution in [1.29, 1.82) is 5.26 Å². The quantitative estimate of drug-likeness (QED) is 0.182. The topological polar surface area (TPSA) is 95.6 Å². The Labute approximate surface area is 228 Å². The fourth-order valence-corrected chi connectivity index (χ4v) is 6.17. The maximum Gasteiger partial charge on any atom is 0.310 e. The third-order valence-corrected chi connectivity index (χ3v) is 8.15. The van der Waals surface area contributed by atoms with E-state index in [-0.39, 0.29) is 28.9 Å². The molecule has 3 rings (SSSR count). The predicted molar refractivity (Wildman–Crippen MR) is 151 cm³/mol. The molecule has 0 bridgehead atoms. The minimum Gasteiger partial charge on any atom is -0.466 e. The van der Waals surface area contributed by atoms with Gasteiger partial charge in [0.05, 0.1) is 17.4 Å². The van der Waals surface area contributed by atoms with E-state index in [1.165, 1.54) is 11.8 Å². The summed E-state index contributed by atoms with van der Waals surface area (Å²) in [5, 5.41) is 9.85. The highest BCUT2D eigenvalue weighted by molar-refractivity contribution is 8.26. The summed E-state index contributed by atoms with van der Waals surface area (Å²) in [6.45, 7) is 10.0. The summed E-state index contributed by atoms with van der Waals surface area (Å²) in [5.41, 5.74) is 0.910. The van der Waals surface area contributed by atoms with Crippen LogP contribution in [0.4, 0.5) is 5.82 Å². The lowest BCUT2D eigenvalue weighted by Crippen LogP contribution is -2.43. The van der Waals surface area contributed by atoms with E-state index in [0.717, 1.165) is 25.7 Å². The summed E-state index contributed by atoms with van der Waals surface area (Å²) in [7, 11) is 0. The van der Waals surface area contributed by atoms with Crippen molar-refractivity contribution in [2.24, 2.45) is 5.92 Å².